The molecule has 27 heavy (non-hydrogen) atoms. The van der Waals surface area contributed by atoms with Crippen LogP contribution in [0.1, 0.15) is 39.8 Å². The molecular formula is C16H22N11+. The van der Waals surface area contributed by atoms with Crippen molar-refractivity contribution < 1.29 is 4.57 Å². The molecule has 4 rings (SSSR count). The molecule has 0 radical (unpaired) electrons. The molecule has 0 aliphatic rings. The molecule has 0 saturated heterocycles. The van der Waals surface area contributed by atoms with Crippen molar-refractivity contribution in [3.8, 4) is 5.95 Å². The van der Waals surface area contributed by atoms with Gasteiger partial charge in [0, 0.05) is 6.04 Å². The molecule has 4 heterocycles. The highest BCUT2D eigenvalue weighted by Crippen LogP contribution is 2.25. The Balaban J connectivity index is 2.04. The van der Waals surface area contributed by atoms with Crippen molar-refractivity contribution in [3.63, 3.8) is 0 Å². The summed E-state index contributed by atoms with van der Waals surface area (Å²) in [6, 6.07) is 0.241. The van der Waals surface area contributed by atoms with Gasteiger partial charge in [-0.3, -0.25) is 0 Å². The number of nitrogens with two attached hydrogens (primary N) is 3. The van der Waals surface area contributed by atoms with Gasteiger partial charge in [0.2, 0.25) is 28.6 Å². The molecule has 0 aliphatic carbocycles. The number of hydrogen-bond acceptors (Lipinski definition) is 8. The molecule has 0 amide bonds. The Bertz CT molecular complexity index is 1170. The van der Waals surface area contributed by atoms with Crippen LogP contribution in [0.15, 0.2) is 12.7 Å². The summed E-state index contributed by atoms with van der Waals surface area (Å²) in [5, 5.41) is 0. The average Bonchev–Trinajstić information content (AvgIpc) is 3.17. The monoisotopic (exact) mass is 368 g/mol. The van der Waals surface area contributed by atoms with Crippen LogP contribution in [0, 0.1) is 0 Å². The van der Waals surface area contributed by atoms with Gasteiger partial charge in [0.15, 0.2) is 17.7 Å². The number of anilines is 3. The normalized spacial score (nSPS) is 12.1. The van der Waals surface area contributed by atoms with Crippen LogP contribution in [0.5, 0.6) is 0 Å². The van der Waals surface area contributed by atoms with Gasteiger partial charge in [0.25, 0.3) is 0 Å². The predicted octanol–water partition coefficient (Wildman–Crippen LogP) is 0.756. The molecule has 0 aliphatic heterocycles. The van der Waals surface area contributed by atoms with Gasteiger partial charge < -0.3 is 21.8 Å². The number of imidazole rings is 2. The second-order valence-electron chi connectivity index (χ2n) is 6.93. The third kappa shape index (κ3) is 2.42. The molecule has 0 unspecified atom stereocenters. The van der Waals surface area contributed by atoms with Crippen molar-refractivity contribution in [2.75, 3.05) is 17.2 Å². The summed E-state index contributed by atoms with van der Waals surface area (Å²) in [6.07, 6.45) is 3.36. The third-order valence-electron chi connectivity index (χ3n) is 4.42. The minimum absolute atomic E-state index is 0.0227. The zero-order chi connectivity index (χ0) is 19.5. The second-order valence-corrected chi connectivity index (χ2v) is 6.93. The Labute approximate surface area is 154 Å². The van der Waals surface area contributed by atoms with Gasteiger partial charge in [-0.05, 0) is 27.7 Å². The highest BCUT2D eigenvalue weighted by molar-refractivity contribution is 5.84. The zero-order valence-corrected chi connectivity index (χ0v) is 15.6. The molecule has 6 N–H and O–H groups in total. The number of hydrogen-bond donors (Lipinski definition) is 3. The minimum Gasteiger partial charge on any atom is -0.381 e. The summed E-state index contributed by atoms with van der Waals surface area (Å²) in [5.41, 5.74) is 20.5. The lowest BCUT2D eigenvalue weighted by atomic mass is 10.4. The number of aromatic nitrogens is 8. The van der Waals surface area contributed by atoms with Crippen LogP contribution in [0.25, 0.3) is 28.3 Å². The van der Waals surface area contributed by atoms with Crippen LogP contribution in [0.4, 0.5) is 17.6 Å². The topological polar surface area (TPSA) is 156 Å². The van der Waals surface area contributed by atoms with E-state index in [1.165, 1.54) is 0 Å². The third-order valence-corrected chi connectivity index (χ3v) is 4.42. The summed E-state index contributed by atoms with van der Waals surface area (Å²) in [6.45, 7) is 8.14. The van der Waals surface area contributed by atoms with E-state index >= 15 is 0 Å². The van der Waals surface area contributed by atoms with Gasteiger partial charge >= 0.3 is 5.95 Å². The lowest BCUT2D eigenvalue weighted by Gasteiger charge is -2.10. The largest absolute Gasteiger partial charge is 0.381 e. The first-order valence-corrected chi connectivity index (χ1v) is 8.63. The Kier molecular flexibility index (Phi) is 3.61. The lowest BCUT2D eigenvalue weighted by Crippen LogP contribution is -2.39. The first-order chi connectivity index (χ1) is 12.8. The molecule has 0 saturated carbocycles. The van der Waals surface area contributed by atoms with Crippen LogP contribution in [0.2, 0.25) is 0 Å². The summed E-state index contributed by atoms with van der Waals surface area (Å²) in [4.78, 5) is 21.9. The van der Waals surface area contributed by atoms with Crippen LogP contribution in [0.3, 0.4) is 0 Å². The van der Waals surface area contributed by atoms with E-state index < -0.39 is 0 Å². The molecule has 4 aromatic heterocycles. The van der Waals surface area contributed by atoms with Crippen LogP contribution >= 0.6 is 0 Å². The molecule has 4 aromatic rings. The number of nitrogens with zero attached hydrogens (tertiary/aromatic N) is 8. The van der Waals surface area contributed by atoms with Gasteiger partial charge in [-0.25, -0.2) is 9.55 Å². The lowest BCUT2D eigenvalue weighted by molar-refractivity contribution is -0.592. The molecule has 140 valence electrons. The highest BCUT2D eigenvalue weighted by Gasteiger charge is 2.27. The van der Waals surface area contributed by atoms with E-state index in [4.69, 9.17) is 17.2 Å². The van der Waals surface area contributed by atoms with Crippen LogP contribution < -0.4 is 21.8 Å². The Hall–Kier alpha value is -3.50. The van der Waals surface area contributed by atoms with Crippen molar-refractivity contribution in [2.45, 2.75) is 39.8 Å². The van der Waals surface area contributed by atoms with Gasteiger partial charge in [0.05, 0.1) is 12.4 Å². The molecule has 11 heteroatoms. The zero-order valence-electron chi connectivity index (χ0n) is 15.6. The van der Waals surface area contributed by atoms with E-state index in [1.54, 1.807) is 17.2 Å². The maximum Gasteiger partial charge on any atom is 0.335 e. The summed E-state index contributed by atoms with van der Waals surface area (Å²) in [7, 11) is 0. The number of nitrogen functional groups attached to an aromatic ring is 3. The molecule has 11 nitrogen and oxygen atoms in total. The van der Waals surface area contributed by atoms with Gasteiger partial charge in [-0.15, -0.1) is 9.97 Å². The fourth-order valence-corrected chi connectivity index (χ4v) is 3.14. The first-order valence-electron chi connectivity index (χ1n) is 8.63. The van der Waals surface area contributed by atoms with Crippen LogP contribution in [-0.4, -0.2) is 34.1 Å². The summed E-state index contributed by atoms with van der Waals surface area (Å²) in [5.74, 6) is 1.26. The van der Waals surface area contributed by atoms with E-state index in [1.807, 2.05) is 23.0 Å². The molecule has 0 atom stereocenters. The predicted molar refractivity (Wildman–Crippen MR) is 102 cm³/mol. The molecule has 0 fully saturated rings. The van der Waals surface area contributed by atoms with Crippen LogP contribution in [-0.2, 0) is 0 Å². The maximum atomic E-state index is 6.43. The van der Waals surface area contributed by atoms with Gasteiger partial charge in [-0.1, -0.05) is 0 Å². The number of rotatable bonds is 3. The van der Waals surface area contributed by atoms with Gasteiger partial charge in [0.1, 0.15) is 0 Å². The van der Waals surface area contributed by atoms with Gasteiger partial charge in [-0.2, -0.15) is 14.5 Å². The molecule has 0 bridgehead atoms. The van der Waals surface area contributed by atoms with E-state index in [-0.39, 0.29) is 23.8 Å². The van der Waals surface area contributed by atoms with Crippen molar-refractivity contribution in [1.29, 1.82) is 0 Å². The van der Waals surface area contributed by atoms with E-state index in [0.717, 1.165) is 5.65 Å². The maximum absolute atomic E-state index is 6.43. The fraction of sp³-hybridized carbons (Fsp3) is 0.375. The van der Waals surface area contributed by atoms with Crippen molar-refractivity contribution in [1.82, 2.24) is 34.1 Å². The van der Waals surface area contributed by atoms with Crippen molar-refractivity contribution in [2.24, 2.45) is 0 Å². The minimum atomic E-state index is 0.0227. The summed E-state index contributed by atoms with van der Waals surface area (Å²) >= 11 is 0. The standard InChI is InChI=1S/C16H21N11/c1-7(2)25-5-20-10-12(18)26(6-21-13(10)25)16-22-9-11(17)23-15(19)24-14(9)27(16)8(3)4/h5-8,18H,1-4H3,(H4,17,19,23,24)/p+1. The Morgan fingerprint density at radius 1 is 0.889 bits per heavy atom. The van der Waals surface area contributed by atoms with E-state index in [9.17, 15) is 0 Å². The fourth-order valence-electron chi connectivity index (χ4n) is 3.14. The van der Waals surface area contributed by atoms with Crippen molar-refractivity contribution in [3.05, 3.63) is 12.7 Å². The number of fused-ring (bicyclic) bond motifs is 2. The smallest absolute Gasteiger partial charge is 0.335 e. The molecule has 0 spiro atoms. The Morgan fingerprint density at radius 3 is 2.30 bits per heavy atom. The first kappa shape index (κ1) is 16.9. The summed E-state index contributed by atoms with van der Waals surface area (Å²) < 4.78 is 5.54. The average molecular weight is 368 g/mol. The molecular weight excluding hydrogens is 346 g/mol. The SMILES string of the molecule is CC(C)n1cnc2c(N)[n+](-c3nc4c(N)nc(N)nc4n3C(C)C)cnc21. The molecule has 0 aromatic carbocycles. The second kappa shape index (κ2) is 5.76. The van der Waals surface area contributed by atoms with E-state index in [2.05, 4.69) is 38.8 Å². The highest BCUT2D eigenvalue weighted by atomic mass is 15.3. The quantitative estimate of drug-likeness (QED) is 0.447. The van der Waals surface area contributed by atoms with Crippen molar-refractivity contribution >= 4 is 39.9 Å². The van der Waals surface area contributed by atoms with E-state index in [0.29, 0.717) is 28.4 Å². The Morgan fingerprint density at radius 2 is 1.63 bits per heavy atom.